The van der Waals surface area contributed by atoms with Crippen LogP contribution >= 0.6 is 34.5 Å². The number of halogens is 2. The molecule has 4 aromatic rings. The van der Waals surface area contributed by atoms with E-state index in [0.29, 0.717) is 26.2 Å². The average Bonchev–Trinajstić information content (AvgIpc) is 3.43. The molecular weight excluding hydrogens is 439 g/mol. The lowest BCUT2D eigenvalue weighted by Crippen LogP contribution is -2.19. The molecule has 0 spiro atoms. The Morgan fingerprint density at radius 2 is 2.03 bits per heavy atom. The summed E-state index contributed by atoms with van der Waals surface area (Å²) in [5.74, 6) is -0.480. The van der Waals surface area contributed by atoms with Crippen LogP contribution in [0.25, 0.3) is 16.4 Å². The van der Waals surface area contributed by atoms with Crippen LogP contribution in [0, 0.1) is 0 Å². The summed E-state index contributed by atoms with van der Waals surface area (Å²) in [6, 6.07) is 8.64. The molecular formula is C16H10Cl2N8O2S. The monoisotopic (exact) mass is 448 g/mol. The summed E-state index contributed by atoms with van der Waals surface area (Å²) in [5, 5.41) is 21.7. The zero-order valence-corrected chi connectivity index (χ0v) is 16.6. The van der Waals surface area contributed by atoms with Crippen LogP contribution in [0.1, 0.15) is 16.1 Å². The van der Waals surface area contributed by atoms with Crippen LogP contribution in [0.5, 0.6) is 0 Å². The highest BCUT2D eigenvalue weighted by Crippen LogP contribution is 2.30. The maximum absolute atomic E-state index is 12.7. The van der Waals surface area contributed by atoms with E-state index in [1.54, 1.807) is 24.3 Å². The van der Waals surface area contributed by atoms with Crippen molar-refractivity contribution in [3.63, 3.8) is 0 Å². The van der Waals surface area contributed by atoms with E-state index in [1.807, 2.05) is 11.4 Å². The molecule has 146 valence electrons. The van der Waals surface area contributed by atoms with E-state index in [9.17, 15) is 4.79 Å². The van der Waals surface area contributed by atoms with Crippen LogP contribution in [0.4, 0.5) is 5.82 Å². The molecule has 0 radical (unpaired) electrons. The van der Waals surface area contributed by atoms with Gasteiger partial charge < -0.3 is 5.73 Å². The molecule has 0 atom stereocenters. The number of hydrogen-bond donors (Lipinski definition) is 2. The molecule has 0 fully saturated rings. The van der Waals surface area contributed by atoms with Crippen molar-refractivity contribution in [1.82, 2.24) is 30.7 Å². The highest BCUT2D eigenvalue weighted by molar-refractivity contribution is 7.13. The Hall–Kier alpha value is -3.28. The standard InChI is InChI=1S/C16H10Cl2N8O2S/c17-9-3-1-4-10(18)8(9)7-20-22-16(27)12-13(11-5-2-6-29-11)26(25-21-12)15-14(19)23-28-24-15/h1-7H,(H2,19,23)(H,22,27)/b20-7-. The highest BCUT2D eigenvalue weighted by Gasteiger charge is 2.25. The first-order chi connectivity index (χ1) is 14.1. The van der Waals surface area contributed by atoms with Gasteiger partial charge in [-0.3, -0.25) is 4.79 Å². The second kappa shape index (κ2) is 7.99. The summed E-state index contributed by atoms with van der Waals surface area (Å²) in [6.45, 7) is 0. The Balaban J connectivity index is 1.66. The fraction of sp³-hybridized carbons (Fsp3) is 0. The second-order valence-corrected chi connectivity index (χ2v) is 7.25. The van der Waals surface area contributed by atoms with Gasteiger partial charge in [-0.05, 0) is 33.9 Å². The summed E-state index contributed by atoms with van der Waals surface area (Å²) < 4.78 is 5.90. The van der Waals surface area contributed by atoms with Crippen molar-refractivity contribution >= 4 is 52.5 Å². The Morgan fingerprint density at radius 3 is 2.69 bits per heavy atom. The number of carbonyl (C=O) groups is 1. The van der Waals surface area contributed by atoms with Gasteiger partial charge in [0.25, 0.3) is 5.91 Å². The van der Waals surface area contributed by atoms with Crippen molar-refractivity contribution in [1.29, 1.82) is 0 Å². The van der Waals surface area contributed by atoms with Gasteiger partial charge in [0.1, 0.15) is 5.69 Å². The molecule has 4 rings (SSSR count). The summed E-state index contributed by atoms with van der Waals surface area (Å²) in [5.41, 5.74) is 8.99. The molecule has 0 unspecified atom stereocenters. The van der Waals surface area contributed by atoms with E-state index in [4.69, 9.17) is 28.9 Å². The van der Waals surface area contributed by atoms with Gasteiger partial charge in [0.15, 0.2) is 5.69 Å². The number of nitrogens with two attached hydrogens (primary N) is 1. The van der Waals surface area contributed by atoms with Crippen molar-refractivity contribution < 1.29 is 9.42 Å². The van der Waals surface area contributed by atoms with E-state index in [1.165, 1.54) is 22.2 Å². The lowest BCUT2D eigenvalue weighted by Gasteiger charge is -2.03. The number of carbonyl (C=O) groups excluding carboxylic acids is 1. The zero-order valence-electron chi connectivity index (χ0n) is 14.3. The molecule has 0 bridgehead atoms. The molecule has 0 saturated carbocycles. The third-order valence-corrected chi connectivity index (χ3v) is 5.23. The summed E-state index contributed by atoms with van der Waals surface area (Å²) in [4.78, 5) is 13.4. The fourth-order valence-electron chi connectivity index (χ4n) is 2.40. The molecule has 3 heterocycles. The van der Waals surface area contributed by atoms with E-state index in [0.717, 1.165) is 0 Å². The molecule has 0 saturated heterocycles. The first-order valence-electron chi connectivity index (χ1n) is 7.91. The third-order valence-electron chi connectivity index (χ3n) is 3.70. The van der Waals surface area contributed by atoms with Gasteiger partial charge >= 0.3 is 0 Å². The third kappa shape index (κ3) is 3.70. The van der Waals surface area contributed by atoms with Gasteiger partial charge in [0.05, 0.1) is 21.1 Å². The largest absolute Gasteiger partial charge is 0.378 e. The van der Waals surface area contributed by atoms with Crippen LogP contribution in [0.15, 0.2) is 45.4 Å². The number of benzene rings is 1. The fourth-order valence-corrected chi connectivity index (χ4v) is 3.65. The number of nitrogens with zero attached hydrogens (tertiary/aromatic N) is 6. The predicted octanol–water partition coefficient (Wildman–Crippen LogP) is 3.03. The number of rotatable bonds is 5. The van der Waals surface area contributed by atoms with Crippen LogP contribution in [-0.4, -0.2) is 37.4 Å². The number of aromatic nitrogens is 5. The molecule has 3 N–H and O–H groups in total. The average molecular weight is 449 g/mol. The van der Waals surface area contributed by atoms with Gasteiger partial charge in [-0.15, -0.1) is 16.4 Å². The molecule has 0 aliphatic heterocycles. The van der Waals surface area contributed by atoms with E-state index >= 15 is 0 Å². The van der Waals surface area contributed by atoms with Crippen LogP contribution < -0.4 is 11.2 Å². The van der Waals surface area contributed by atoms with Gasteiger partial charge in [-0.1, -0.05) is 40.5 Å². The Morgan fingerprint density at radius 1 is 1.24 bits per heavy atom. The molecule has 1 amide bonds. The Bertz CT molecular complexity index is 1180. The van der Waals surface area contributed by atoms with Gasteiger partial charge in [-0.25, -0.2) is 10.1 Å². The first-order valence-corrected chi connectivity index (χ1v) is 9.55. The normalized spacial score (nSPS) is 11.2. The zero-order chi connectivity index (χ0) is 20.4. The number of nitrogen functional groups attached to an aromatic ring is 1. The molecule has 0 aliphatic rings. The first kappa shape index (κ1) is 19.1. The minimum Gasteiger partial charge on any atom is -0.378 e. The molecule has 3 aromatic heterocycles. The van der Waals surface area contributed by atoms with Crippen molar-refractivity contribution in [2.75, 3.05) is 5.73 Å². The number of hydrogen-bond acceptors (Lipinski definition) is 9. The Kier molecular flexibility index (Phi) is 5.25. The number of hydrazone groups is 1. The maximum atomic E-state index is 12.7. The van der Waals surface area contributed by atoms with Crippen LogP contribution in [0.3, 0.4) is 0 Å². The highest BCUT2D eigenvalue weighted by atomic mass is 35.5. The van der Waals surface area contributed by atoms with Crippen LogP contribution in [-0.2, 0) is 0 Å². The predicted molar refractivity (Wildman–Crippen MR) is 108 cm³/mol. The molecule has 29 heavy (non-hydrogen) atoms. The minimum atomic E-state index is -0.603. The van der Waals surface area contributed by atoms with E-state index < -0.39 is 5.91 Å². The SMILES string of the molecule is Nc1nonc1-n1nnc(C(=O)N/N=C\c2c(Cl)cccc2Cl)c1-c1cccs1. The lowest BCUT2D eigenvalue weighted by molar-refractivity contribution is 0.0951. The molecule has 13 heteroatoms. The number of anilines is 1. The number of amides is 1. The van der Waals surface area contributed by atoms with Crippen molar-refractivity contribution in [3.05, 3.63) is 57.0 Å². The van der Waals surface area contributed by atoms with Crippen LogP contribution in [0.2, 0.25) is 10.0 Å². The minimum absolute atomic E-state index is 0.00560. The van der Waals surface area contributed by atoms with E-state index in [-0.39, 0.29) is 17.3 Å². The van der Waals surface area contributed by atoms with Gasteiger partial charge in [-0.2, -0.15) is 9.78 Å². The second-order valence-electron chi connectivity index (χ2n) is 5.48. The number of nitrogens with one attached hydrogen (secondary N) is 1. The maximum Gasteiger partial charge on any atom is 0.294 e. The van der Waals surface area contributed by atoms with E-state index in [2.05, 4.69) is 35.8 Å². The molecule has 10 nitrogen and oxygen atoms in total. The lowest BCUT2D eigenvalue weighted by atomic mass is 10.2. The summed E-state index contributed by atoms with van der Waals surface area (Å²) in [6.07, 6.45) is 1.34. The quantitative estimate of drug-likeness (QED) is 0.353. The number of thiophene rings is 1. The smallest absolute Gasteiger partial charge is 0.294 e. The van der Waals surface area contributed by atoms with Crippen molar-refractivity contribution in [2.45, 2.75) is 0 Å². The van der Waals surface area contributed by atoms with Crippen molar-refractivity contribution in [3.8, 4) is 16.4 Å². The Labute approximate surface area is 176 Å². The topological polar surface area (TPSA) is 137 Å². The molecule has 1 aromatic carbocycles. The summed E-state index contributed by atoms with van der Waals surface area (Å²) >= 11 is 13.5. The summed E-state index contributed by atoms with van der Waals surface area (Å²) in [7, 11) is 0. The molecule has 0 aliphatic carbocycles. The van der Waals surface area contributed by atoms with Gasteiger partial charge in [0, 0.05) is 5.56 Å². The van der Waals surface area contributed by atoms with Gasteiger partial charge in [0.2, 0.25) is 11.6 Å². The van der Waals surface area contributed by atoms with Crippen molar-refractivity contribution in [2.24, 2.45) is 5.10 Å².